The van der Waals surface area contributed by atoms with Crippen LogP contribution in [0.2, 0.25) is 0 Å². The second kappa shape index (κ2) is 4.53. The molecule has 0 aliphatic heterocycles. The van der Waals surface area contributed by atoms with Crippen LogP contribution in [0.15, 0.2) is 60.7 Å². The van der Waals surface area contributed by atoms with Crippen LogP contribution in [-0.4, -0.2) is 10.2 Å². The summed E-state index contributed by atoms with van der Waals surface area (Å²) < 4.78 is 0. The number of hydrogen-bond donors (Lipinski definition) is 3. The highest BCUT2D eigenvalue weighted by atomic mass is 16.3. The van der Waals surface area contributed by atoms with Gasteiger partial charge in [0.25, 0.3) is 0 Å². The lowest BCUT2D eigenvalue weighted by Crippen LogP contribution is -1.89. The highest BCUT2D eigenvalue weighted by molar-refractivity contribution is 5.87. The van der Waals surface area contributed by atoms with Crippen LogP contribution in [-0.2, 0) is 0 Å². The second-order valence-electron chi connectivity index (χ2n) is 4.42. The lowest BCUT2D eigenvalue weighted by Gasteiger charge is -2.08. The zero-order valence-corrected chi connectivity index (χ0v) is 10.2. The fourth-order valence-corrected chi connectivity index (χ4v) is 2.02. The van der Waals surface area contributed by atoms with Crippen LogP contribution in [0.5, 0.6) is 11.5 Å². The molecule has 3 rings (SSSR count). The Hall–Kier alpha value is -2.68. The van der Waals surface area contributed by atoms with Crippen molar-refractivity contribution < 1.29 is 10.2 Å². The summed E-state index contributed by atoms with van der Waals surface area (Å²) in [5.74, 6) is 0.520. The predicted molar refractivity (Wildman–Crippen MR) is 77.0 cm³/mol. The number of anilines is 2. The van der Waals surface area contributed by atoms with Crippen LogP contribution < -0.4 is 5.32 Å². The molecular formula is C16H13NO2. The molecule has 94 valence electrons. The number of fused-ring (bicyclic) bond motifs is 1. The summed E-state index contributed by atoms with van der Waals surface area (Å²) in [6, 6.07) is 18.1. The first-order valence-electron chi connectivity index (χ1n) is 5.99. The minimum atomic E-state index is 0.250. The van der Waals surface area contributed by atoms with Gasteiger partial charge in [-0.25, -0.2) is 0 Å². The lowest BCUT2D eigenvalue weighted by molar-refractivity contribution is 0.475. The fourth-order valence-electron chi connectivity index (χ4n) is 2.02. The number of benzene rings is 3. The highest BCUT2D eigenvalue weighted by Gasteiger charge is 1.99. The van der Waals surface area contributed by atoms with E-state index in [4.69, 9.17) is 0 Å². The van der Waals surface area contributed by atoms with Gasteiger partial charge in [-0.05, 0) is 59.3 Å². The van der Waals surface area contributed by atoms with Gasteiger partial charge in [0.05, 0.1) is 0 Å². The smallest absolute Gasteiger partial charge is 0.116 e. The Balaban J connectivity index is 1.93. The monoisotopic (exact) mass is 251 g/mol. The van der Waals surface area contributed by atoms with Crippen molar-refractivity contribution in [3.05, 3.63) is 60.7 Å². The number of phenolic OH excluding ortho intramolecular Hbond substituents is 2. The fraction of sp³-hybridized carbons (Fsp3) is 0. The average molecular weight is 251 g/mol. The molecule has 0 heterocycles. The Labute approximate surface area is 110 Å². The summed E-state index contributed by atoms with van der Waals surface area (Å²) in [7, 11) is 0. The van der Waals surface area contributed by atoms with E-state index in [-0.39, 0.29) is 11.5 Å². The van der Waals surface area contributed by atoms with Gasteiger partial charge in [0.15, 0.2) is 0 Å². The van der Waals surface area contributed by atoms with Gasteiger partial charge in [-0.15, -0.1) is 0 Å². The van der Waals surface area contributed by atoms with E-state index in [2.05, 4.69) is 5.32 Å². The molecule has 19 heavy (non-hydrogen) atoms. The maximum atomic E-state index is 9.42. The largest absolute Gasteiger partial charge is 0.508 e. The third-order valence-electron chi connectivity index (χ3n) is 2.98. The van der Waals surface area contributed by atoms with Crippen LogP contribution in [0.25, 0.3) is 10.8 Å². The normalized spacial score (nSPS) is 10.5. The number of hydrogen-bond acceptors (Lipinski definition) is 3. The summed E-state index contributed by atoms with van der Waals surface area (Å²) in [5, 5.41) is 24.0. The molecule has 0 unspecified atom stereocenters. The molecule has 3 aromatic rings. The van der Waals surface area contributed by atoms with Crippen LogP contribution >= 0.6 is 0 Å². The van der Waals surface area contributed by atoms with Gasteiger partial charge in [-0.1, -0.05) is 12.1 Å². The molecule has 0 bridgehead atoms. The van der Waals surface area contributed by atoms with E-state index >= 15 is 0 Å². The summed E-state index contributed by atoms with van der Waals surface area (Å²) in [6.45, 7) is 0. The molecule has 0 saturated carbocycles. The minimum absolute atomic E-state index is 0.250. The third kappa shape index (κ3) is 2.45. The Kier molecular flexibility index (Phi) is 2.72. The molecular weight excluding hydrogens is 238 g/mol. The first kappa shape index (κ1) is 11.4. The van der Waals surface area contributed by atoms with E-state index in [0.29, 0.717) is 0 Å². The van der Waals surface area contributed by atoms with Crippen molar-refractivity contribution in [2.24, 2.45) is 0 Å². The molecule has 0 fully saturated rings. The molecule has 0 aliphatic carbocycles. The zero-order chi connectivity index (χ0) is 13.2. The number of aromatic hydroxyl groups is 2. The summed E-state index contributed by atoms with van der Waals surface area (Å²) in [4.78, 5) is 0. The molecule has 3 aromatic carbocycles. The van der Waals surface area contributed by atoms with Crippen molar-refractivity contribution in [2.45, 2.75) is 0 Å². The van der Waals surface area contributed by atoms with E-state index in [1.165, 1.54) is 0 Å². The SMILES string of the molecule is Oc1ccc(Nc2ccc3cc(O)ccc3c2)cc1. The molecule has 0 spiro atoms. The first-order chi connectivity index (χ1) is 9.20. The minimum Gasteiger partial charge on any atom is -0.508 e. The average Bonchev–Trinajstić information content (AvgIpc) is 2.42. The van der Waals surface area contributed by atoms with Crippen LogP contribution in [0.3, 0.4) is 0 Å². The molecule has 0 saturated heterocycles. The van der Waals surface area contributed by atoms with E-state index in [1.54, 1.807) is 24.3 Å². The number of nitrogens with one attached hydrogen (secondary N) is 1. The molecule has 3 heteroatoms. The van der Waals surface area contributed by atoms with Crippen molar-refractivity contribution in [2.75, 3.05) is 5.32 Å². The maximum Gasteiger partial charge on any atom is 0.116 e. The van der Waals surface area contributed by atoms with Crippen LogP contribution in [0.1, 0.15) is 0 Å². The van der Waals surface area contributed by atoms with Gasteiger partial charge in [-0.3, -0.25) is 0 Å². The predicted octanol–water partition coefficient (Wildman–Crippen LogP) is 3.99. The summed E-state index contributed by atoms with van der Waals surface area (Å²) in [6.07, 6.45) is 0. The molecule has 0 radical (unpaired) electrons. The number of rotatable bonds is 2. The number of phenols is 2. The van der Waals surface area contributed by atoms with Gasteiger partial charge < -0.3 is 15.5 Å². The van der Waals surface area contributed by atoms with Crippen LogP contribution in [0, 0.1) is 0 Å². The van der Waals surface area contributed by atoms with Crippen molar-refractivity contribution >= 4 is 22.1 Å². The Morgan fingerprint density at radius 1 is 0.579 bits per heavy atom. The maximum absolute atomic E-state index is 9.42. The Morgan fingerprint density at radius 2 is 1.16 bits per heavy atom. The molecule has 0 aliphatic rings. The summed E-state index contributed by atoms with van der Waals surface area (Å²) in [5.41, 5.74) is 1.87. The molecule has 0 aromatic heterocycles. The Bertz CT molecular complexity index is 720. The van der Waals surface area contributed by atoms with Crippen molar-refractivity contribution in [3.63, 3.8) is 0 Å². The topological polar surface area (TPSA) is 52.5 Å². The quantitative estimate of drug-likeness (QED) is 0.603. The van der Waals surface area contributed by atoms with Gasteiger partial charge in [0, 0.05) is 11.4 Å². The second-order valence-corrected chi connectivity index (χ2v) is 4.42. The summed E-state index contributed by atoms with van der Waals surface area (Å²) >= 11 is 0. The van der Waals surface area contributed by atoms with Gasteiger partial charge in [0.2, 0.25) is 0 Å². The van der Waals surface area contributed by atoms with E-state index in [1.807, 2.05) is 36.4 Å². The Morgan fingerprint density at radius 3 is 1.95 bits per heavy atom. The van der Waals surface area contributed by atoms with Gasteiger partial charge >= 0.3 is 0 Å². The standard InChI is InChI=1S/C16H13NO2/c18-15-7-4-13(5-8-15)17-14-3-1-12-10-16(19)6-2-11(12)9-14/h1-10,17-19H. The van der Waals surface area contributed by atoms with E-state index in [9.17, 15) is 10.2 Å². The van der Waals surface area contributed by atoms with Gasteiger partial charge in [-0.2, -0.15) is 0 Å². The zero-order valence-electron chi connectivity index (χ0n) is 10.2. The van der Waals surface area contributed by atoms with Crippen molar-refractivity contribution in [1.29, 1.82) is 0 Å². The van der Waals surface area contributed by atoms with Crippen molar-refractivity contribution in [3.8, 4) is 11.5 Å². The molecule has 0 atom stereocenters. The lowest BCUT2D eigenvalue weighted by atomic mass is 10.1. The highest BCUT2D eigenvalue weighted by Crippen LogP contribution is 2.25. The van der Waals surface area contributed by atoms with E-state index < -0.39 is 0 Å². The first-order valence-corrected chi connectivity index (χ1v) is 5.99. The molecule has 3 nitrogen and oxygen atoms in total. The molecule has 0 amide bonds. The third-order valence-corrected chi connectivity index (χ3v) is 2.98. The van der Waals surface area contributed by atoms with Crippen LogP contribution in [0.4, 0.5) is 11.4 Å². The van der Waals surface area contributed by atoms with E-state index in [0.717, 1.165) is 22.1 Å². The van der Waals surface area contributed by atoms with Gasteiger partial charge in [0.1, 0.15) is 11.5 Å². The molecule has 3 N–H and O–H groups in total. The van der Waals surface area contributed by atoms with Crippen molar-refractivity contribution in [1.82, 2.24) is 0 Å².